The van der Waals surface area contributed by atoms with Crippen molar-refractivity contribution in [2.24, 2.45) is 0 Å². The smallest absolute Gasteiger partial charge is 0.263 e. The molecule has 8 heteroatoms. The van der Waals surface area contributed by atoms with Gasteiger partial charge in [0.2, 0.25) is 5.91 Å². The normalized spacial score (nSPS) is 19.2. The second kappa shape index (κ2) is 9.75. The summed E-state index contributed by atoms with van der Waals surface area (Å²) in [5.74, 6) is -0.142. The Morgan fingerprint density at radius 1 is 0.939 bits per heavy atom. The summed E-state index contributed by atoms with van der Waals surface area (Å²) >= 11 is 3.18. The molecular weight excluding hydrogens is 457 g/mol. The second-order valence-corrected chi connectivity index (χ2v) is 10.4. The van der Waals surface area contributed by atoms with Gasteiger partial charge >= 0.3 is 0 Å². The number of nitrogens with zero attached hydrogens (tertiary/aromatic N) is 3. The predicted octanol–water partition coefficient (Wildman–Crippen LogP) is 4.27. The molecule has 0 bridgehead atoms. The van der Waals surface area contributed by atoms with Gasteiger partial charge in [-0.3, -0.25) is 14.5 Å². The van der Waals surface area contributed by atoms with E-state index in [9.17, 15) is 14.0 Å². The van der Waals surface area contributed by atoms with Crippen LogP contribution in [0, 0.1) is 5.82 Å². The van der Waals surface area contributed by atoms with Crippen LogP contribution >= 0.6 is 22.7 Å². The van der Waals surface area contributed by atoms with Crippen LogP contribution in [-0.4, -0.2) is 65.8 Å². The van der Waals surface area contributed by atoms with Crippen LogP contribution in [0.15, 0.2) is 53.2 Å². The van der Waals surface area contributed by atoms with Gasteiger partial charge in [-0.15, -0.1) is 22.7 Å². The minimum Gasteiger partial charge on any atom is -0.340 e. The largest absolute Gasteiger partial charge is 0.340 e. The number of benzene rings is 1. The Balaban J connectivity index is 1.29. The summed E-state index contributed by atoms with van der Waals surface area (Å²) in [5, 5.41) is 3.99. The number of carbonyl (C=O) groups is 2. The topological polar surface area (TPSA) is 43.9 Å². The highest BCUT2D eigenvalue weighted by molar-refractivity contribution is 7.12. The number of amides is 2. The minimum absolute atomic E-state index is 0.0477. The lowest BCUT2D eigenvalue weighted by molar-refractivity contribution is -0.132. The summed E-state index contributed by atoms with van der Waals surface area (Å²) in [6, 6.07) is 12.4. The zero-order chi connectivity index (χ0) is 22.8. The SMILES string of the molecule is O=C(CN1CCc2sccc2C1c1cccc(F)c1)N1CCCN(C(=O)c2cccs2)CC1. The number of halogens is 1. The standard InChI is InChI=1S/C25H26FN3O2S2/c26-19-5-1-4-18(16-19)24-20-8-15-33-21(20)7-11-29(24)17-23(30)27-9-3-10-28(13-12-27)25(31)22-6-2-14-32-22/h1-2,4-6,8,14-16,24H,3,7,9-13,17H2. The van der Waals surface area contributed by atoms with E-state index in [1.165, 1.54) is 27.8 Å². The Hall–Kier alpha value is -2.55. The maximum atomic E-state index is 14.0. The Morgan fingerprint density at radius 3 is 2.61 bits per heavy atom. The molecule has 5 rings (SSSR count). The van der Waals surface area contributed by atoms with E-state index in [4.69, 9.17) is 0 Å². The van der Waals surface area contributed by atoms with Crippen LogP contribution in [0.4, 0.5) is 4.39 Å². The number of thiophene rings is 2. The number of fused-ring (bicyclic) bond motifs is 1. The molecule has 2 aromatic heterocycles. The van der Waals surface area contributed by atoms with E-state index in [1.807, 2.05) is 33.4 Å². The van der Waals surface area contributed by atoms with Crippen LogP contribution in [0.25, 0.3) is 0 Å². The molecule has 1 fully saturated rings. The molecule has 1 aromatic carbocycles. The molecule has 0 aliphatic carbocycles. The van der Waals surface area contributed by atoms with Crippen LogP contribution < -0.4 is 0 Å². The maximum absolute atomic E-state index is 14.0. The van der Waals surface area contributed by atoms with E-state index < -0.39 is 0 Å². The van der Waals surface area contributed by atoms with Gasteiger partial charge in [-0.1, -0.05) is 18.2 Å². The average Bonchev–Trinajstić information content (AvgIpc) is 3.46. The summed E-state index contributed by atoms with van der Waals surface area (Å²) in [6.07, 6.45) is 1.67. The van der Waals surface area contributed by atoms with Gasteiger partial charge in [0.15, 0.2) is 0 Å². The first-order chi connectivity index (χ1) is 16.1. The third kappa shape index (κ3) is 4.74. The zero-order valence-electron chi connectivity index (χ0n) is 18.3. The molecule has 5 nitrogen and oxygen atoms in total. The molecule has 172 valence electrons. The van der Waals surface area contributed by atoms with Gasteiger partial charge in [-0.2, -0.15) is 0 Å². The molecule has 1 saturated heterocycles. The number of hydrogen-bond acceptors (Lipinski definition) is 5. The molecule has 2 aliphatic heterocycles. The Bertz CT molecular complexity index is 1130. The van der Waals surface area contributed by atoms with Crippen molar-refractivity contribution in [2.45, 2.75) is 18.9 Å². The fourth-order valence-corrected chi connectivity index (χ4v) is 6.40. The molecule has 4 heterocycles. The first kappa shape index (κ1) is 22.3. The van der Waals surface area contributed by atoms with Crippen LogP contribution in [0.3, 0.4) is 0 Å². The number of carbonyl (C=O) groups excluding carboxylic acids is 2. The Morgan fingerprint density at radius 2 is 1.79 bits per heavy atom. The van der Waals surface area contributed by atoms with Gasteiger partial charge in [-0.05, 0) is 59.0 Å². The Kier molecular flexibility index (Phi) is 6.57. The molecule has 1 unspecified atom stereocenters. The average molecular weight is 484 g/mol. The lowest BCUT2D eigenvalue weighted by atomic mass is 9.93. The maximum Gasteiger partial charge on any atom is 0.263 e. The van der Waals surface area contributed by atoms with Gasteiger partial charge in [0.05, 0.1) is 17.5 Å². The predicted molar refractivity (Wildman–Crippen MR) is 129 cm³/mol. The third-order valence-corrected chi connectivity index (χ3v) is 8.29. The van der Waals surface area contributed by atoms with Crippen molar-refractivity contribution < 1.29 is 14.0 Å². The van der Waals surface area contributed by atoms with Crippen molar-refractivity contribution in [3.8, 4) is 0 Å². The van der Waals surface area contributed by atoms with Crippen molar-refractivity contribution in [1.29, 1.82) is 0 Å². The van der Waals surface area contributed by atoms with E-state index in [-0.39, 0.29) is 30.2 Å². The summed E-state index contributed by atoms with van der Waals surface area (Å²) in [7, 11) is 0. The van der Waals surface area contributed by atoms with E-state index in [1.54, 1.807) is 23.5 Å². The molecular formula is C25H26FN3O2S2. The summed E-state index contributed by atoms with van der Waals surface area (Å²) in [4.78, 5) is 34.0. The summed E-state index contributed by atoms with van der Waals surface area (Å²) < 4.78 is 14.0. The van der Waals surface area contributed by atoms with E-state index >= 15 is 0 Å². The van der Waals surface area contributed by atoms with Crippen LogP contribution in [0.2, 0.25) is 0 Å². The third-order valence-electron chi connectivity index (χ3n) is 6.44. The lowest BCUT2D eigenvalue weighted by Crippen LogP contribution is -2.45. The quantitative estimate of drug-likeness (QED) is 0.557. The summed E-state index contributed by atoms with van der Waals surface area (Å²) in [6.45, 7) is 3.44. The summed E-state index contributed by atoms with van der Waals surface area (Å²) in [5.41, 5.74) is 2.05. The van der Waals surface area contributed by atoms with Crippen molar-refractivity contribution in [1.82, 2.24) is 14.7 Å². The lowest BCUT2D eigenvalue weighted by Gasteiger charge is -2.37. The van der Waals surface area contributed by atoms with Gasteiger partial charge in [0.25, 0.3) is 5.91 Å². The number of rotatable bonds is 4. The first-order valence-electron chi connectivity index (χ1n) is 11.3. The fourth-order valence-electron chi connectivity index (χ4n) is 4.81. The highest BCUT2D eigenvalue weighted by atomic mass is 32.1. The van der Waals surface area contributed by atoms with Crippen LogP contribution in [0.5, 0.6) is 0 Å². The van der Waals surface area contributed by atoms with Crippen molar-refractivity contribution >= 4 is 34.5 Å². The molecule has 0 N–H and O–H groups in total. The highest BCUT2D eigenvalue weighted by Gasteiger charge is 2.32. The number of hydrogen-bond donors (Lipinski definition) is 0. The molecule has 2 amide bonds. The molecule has 2 aliphatic rings. The van der Waals surface area contributed by atoms with Gasteiger partial charge in [-0.25, -0.2) is 4.39 Å². The van der Waals surface area contributed by atoms with Crippen LogP contribution in [0.1, 0.15) is 38.1 Å². The van der Waals surface area contributed by atoms with E-state index in [0.717, 1.165) is 29.8 Å². The monoisotopic (exact) mass is 483 g/mol. The van der Waals surface area contributed by atoms with Crippen molar-refractivity contribution in [2.75, 3.05) is 39.3 Å². The van der Waals surface area contributed by atoms with E-state index in [2.05, 4.69) is 16.3 Å². The molecule has 0 saturated carbocycles. The first-order valence-corrected chi connectivity index (χ1v) is 13.0. The molecule has 0 radical (unpaired) electrons. The van der Waals surface area contributed by atoms with Crippen molar-refractivity contribution in [3.63, 3.8) is 0 Å². The van der Waals surface area contributed by atoms with Crippen molar-refractivity contribution in [3.05, 3.63) is 79.9 Å². The molecule has 33 heavy (non-hydrogen) atoms. The molecule has 1 atom stereocenters. The molecule has 3 aromatic rings. The second-order valence-electron chi connectivity index (χ2n) is 8.48. The highest BCUT2D eigenvalue weighted by Crippen LogP contribution is 2.37. The zero-order valence-corrected chi connectivity index (χ0v) is 19.9. The van der Waals surface area contributed by atoms with Gasteiger partial charge < -0.3 is 9.80 Å². The minimum atomic E-state index is -0.260. The molecule has 0 spiro atoms. The fraction of sp³-hybridized carbons (Fsp3) is 0.360. The Labute approximate surface area is 201 Å². The van der Waals surface area contributed by atoms with E-state index in [0.29, 0.717) is 26.2 Å². The van der Waals surface area contributed by atoms with Crippen LogP contribution in [-0.2, 0) is 11.2 Å². The van der Waals surface area contributed by atoms with Gasteiger partial charge in [0, 0.05) is 37.6 Å². The van der Waals surface area contributed by atoms with Gasteiger partial charge in [0.1, 0.15) is 5.82 Å².